The van der Waals surface area contributed by atoms with Crippen LogP contribution in [0.2, 0.25) is 0 Å². The minimum Gasteiger partial charge on any atom is -0.427 e. The van der Waals surface area contributed by atoms with Crippen LogP contribution in [0.1, 0.15) is 13.3 Å². The molecule has 7 nitrogen and oxygen atoms in total. The van der Waals surface area contributed by atoms with Gasteiger partial charge in [0, 0.05) is 25.6 Å². The smallest absolute Gasteiger partial charge is 0.308 e. The molecule has 23 heavy (non-hydrogen) atoms. The number of aliphatic imine (C=N–C) groups is 1. The number of carbonyl (C=O) groups excluding carboxylic acids is 3. The normalized spacial score (nSPS) is 19.3. The molecule has 1 N–H and O–H groups in total. The number of anilines is 1. The molecular weight excluding hydrogens is 318 g/mol. The van der Waals surface area contributed by atoms with Crippen LogP contribution in [0, 0.1) is 0 Å². The second-order valence-electron chi connectivity index (χ2n) is 5.13. The lowest BCUT2D eigenvalue weighted by Crippen LogP contribution is -2.32. The third kappa shape index (κ3) is 3.53. The van der Waals surface area contributed by atoms with Crippen molar-refractivity contribution in [2.75, 3.05) is 18.4 Å². The average molecular weight is 333 g/mol. The Bertz CT molecular complexity index is 686. The van der Waals surface area contributed by atoms with Gasteiger partial charge in [-0.3, -0.25) is 24.3 Å². The summed E-state index contributed by atoms with van der Waals surface area (Å²) >= 11 is 1.35. The first-order valence-corrected chi connectivity index (χ1v) is 8.02. The lowest BCUT2D eigenvalue weighted by molar-refractivity contribution is -0.132. The Kier molecular flexibility index (Phi) is 4.33. The second kappa shape index (κ2) is 6.41. The molecule has 1 unspecified atom stereocenters. The molecular formula is C15H15N3O4S. The van der Waals surface area contributed by atoms with E-state index in [9.17, 15) is 14.4 Å². The van der Waals surface area contributed by atoms with E-state index < -0.39 is 11.2 Å². The van der Waals surface area contributed by atoms with Crippen LogP contribution in [0.5, 0.6) is 5.75 Å². The molecule has 1 aromatic carbocycles. The summed E-state index contributed by atoms with van der Waals surface area (Å²) in [6, 6.07) is 6.47. The number of carbonyl (C=O) groups is 3. The lowest BCUT2D eigenvalue weighted by Gasteiger charge is -2.10. The molecule has 0 aliphatic carbocycles. The number of amides is 2. The van der Waals surface area contributed by atoms with E-state index >= 15 is 0 Å². The van der Waals surface area contributed by atoms with Gasteiger partial charge in [0.05, 0.1) is 6.54 Å². The number of fused-ring (bicyclic) bond motifs is 1. The van der Waals surface area contributed by atoms with E-state index in [2.05, 4.69) is 10.3 Å². The van der Waals surface area contributed by atoms with Crippen molar-refractivity contribution in [1.29, 1.82) is 0 Å². The molecule has 0 aromatic heterocycles. The molecule has 8 heteroatoms. The van der Waals surface area contributed by atoms with Crippen molar-refractivity contribution in [3.8, 4) is 5.75 Å². The molecule has 0 saturated carbocycles. The van der Waals surface area contributed by atoms with Gasteiger partial charge in [-0.2, -0.15) is 0 Å². The SMILES string of the molecule is CC(=O)Oc1ccc(NC(=O)CC2SC3=NCCN3C2=O)cc1. The number of ether oxygens (including phenoxy) is 1. The van der Waals surface area contributed by atoms with E-state index in [1.54, 1.807) is 29.2 Å². The summed E-state index contributed by atoms with van der Waals surface area (Å²) in [5.74, 6) is -0.276. The Hall–Kier alpha value is -2.35. The van der Waals surface area contributed by atoms with E-state index in [0.29, 0.717) is 24.5 Å². The minimum absolute atomic E-state index is 0.0494. The monoisotopic (exact) mass is 333 g/mol. The molecule has 1 atom stereocenters. The number of hydrogen-bond acceptors (Lipinski definition) is 6. The number of nitrogens with one attached hydrogen (secondary N) is 1. The molecule has 120 valence electrons. The fourth-order valence-corrected chi connectivity index (χ4v) is 3.56. The molecule has 2 heterocycles. The van der Waals surface area contributed by atoms with E-state index in [0.717, 1.165) is 5.17 Å². The molecule has 0 bridgehead atoms. The zero-order valence-corrected chi connectivity index (χ0v) is 13.3. The van der Waals surface area contributed by atoms with Crippen LogP contribution in [0.3, 0.4) is 0 Å². The van der Waals surface area contributed by atoms with Crippen molar-refractivity contribution in [1.82, 2.24) is 4.90 Å². The van der Waals surface area contributed by atoms with Crippen molar-refractivity contribution in [3.63, 3.8) is 0 Å². The van der Waals surface area contributed by atoms with E-state index in [4.69, 9.17) is 4.74 Å². The van der Waals surface area contributed by atoms with Gasteiger partial charge in [0.1, 0.15) is 11.0 Å². The number of thioether (sulfide) groups is 1. The van der Waals surface area contributed by atoms with Crippen molar-refractivity contribution >= 4 is 40.4 Å². The first-order chi connectivity index (χ1) is 11.0. The summed E-state index contributed by atoms with van der Waals surface area (Å²) in [7, 11) is 0. The van der Waals surface area contributed by atoms with Crippen molar-refractivity contribution in [2.24, 2.45) is 4.99 Å². The summed E-state index contributed by atoms with van der Waals surface area (Å²) in [5, 5.41) is 3.05. The molecule has 2 aliphatic heterocycles. The first-order valence-electron chi connectivity index (χ1n) is 7.14. The highest BCUT2D eigenvalue weighted by Crippen LogP contribution is 2.31. The van der Waals surface area contributed by atoms with Gasteiger partial charge in [-0.05, 0) is 24.3 Å². The fraction of sp³-hybridized carbons (Fsp3) is 0.333. The third-order valence-electron chi connectivity index (χ3n) is 3.36. The Morgan fingerprint density at radius 2 is 2.13 bits per heavy atom. The predicted molar refractivity (Wildman–Crippen MR) is 86.4 cm³/mol. The Morgan fingerprint density at radius 1 is 1.39 bits per heavy atom. The van der Waals surface area contributed by atoms with E-state index in [1.807, 2.05) is 0 Å². The lowest BCUT2D eigenvalue weighted by atomic mass is 10.2. The quantitative estimate of drug-likeness (QED) is 0.662. The predicted octanol–water partition coefficient (Wildman–Crippen LogP) is 1.25. The summed E-state index contributed by atoms with van der Waals surface area (Å²) < 4.78 is 4.92. The summed E-state index contributed by atoms with van der Waals surface area (Å²) in [6.07, 6.45) is 0.102. The van der Waals surface area contributed by atoms with E-state index in [1.165, 1.54) is 18.7 Å². The van der Waals surface area contributed by atoms with Gasteiger partial charge in [-0.15, -0.1) is 0 Å². The van der Waals surface area contributed by atoms with Crippen molar-refractivity contribution in [3.05, 3.63) is 24.3 Å². The maximum atomic E-state index is 12.1. The van der Waals surface area contributed by atoms with Gasteiger partial charge in [0.15, 0.2) is 5.17 Å². The van der Waals surface area contributed by atoms with E-state index in [-0.39, 0.29) is 18.2 Å². The molecule has 3 rings (SSSR count). The average Bonchev–Trinajstić information content (AvgIpc) is 3.05. The topological polar surface area (TPSA) is 88.1 Å². The highest BCUT2D eigenvalue weighted by molar-refractivity contribution is 8.15. The molecule has 1 fully saturated rings. The van der Waals surface area contributed by atoms with Crippen LogP contribution in [0.15, 0.2) is 29.3 Å². The minimum atomic E-state index is -0.408. The van der Waals surface area contributed by atoms with Gasteiger partial charge in [-0.25, -0.2) is 0 Å². The molecule has 2 aliphatic rings. The number of hydrogen-bond donors (Lipinski definition) is 1. The highest BCUT2D eigenvalue weighted by atomic mass is 32.2. The van der Waals surface area contributed by atoms with Gasteiger partial charge >= 0.3 is 5.97 Å². The van der Waals surface area contributed by atoms with Crippen LogP contribution in [-0.2, 0) is 14.4 Å². The number of amidine groups is 1. The van der Waals surface area contributed by atoms with Crippen LogP contribution >= 0.6 is 11.8 Å². The molecule has 1 aromatic rings. The number of rotatable bonds is 4. The Labute approximate surface area is 137 Å². The highest BCUT2D eigenvalue weighted by Gasteiger charge is 2.40. The van der Waals surface area contributed by atoms with Crippen LogP contribution in [-0.4, -0.2) is 46.2 Å². The Morgan fingerprint density at radius 3 is 2.78 bits per heavy atom. The van der Waals surface area contributed by atoms with Gasteiger partial charge in [0.25, 0.3) is 0 Å². The van der Waals surface area contributed by atoms with Gasteiger partial charge in [0.2, 0.25) is 11.8 Å². The largest absolute Gasteiger partial charge is 0.427 e. The van der Waals surface area contributed by atoms with Crippen LogP contribution < -0.4 is 10.1 Å². The Balaban J connectivity index is 1.55. The zero-order chi connectivity index (χ0) is 16.4. The summed E-state index contributed by atoms with van der Waals surface area (Å²) in [6.45, 7) is 2.57. The summed E-state index contributed by atoms with van der Waals surface area (Å²) in [4.78, 5) is 40.9. The van der Waals surface area contributed by atoms with Crippen molar-refractivity contribution < 1.29 is 19.1 Å². The number of nitrogens with zero attached hydrogens (tertiary/aromatic N) is 2. The summed E-state index contributed by atoms with van der Waals surface area (Å²) in [5.41, 5.74) is 0.583. The van der Waals surface area contributed by atoms with Gasteiger partial charge < -0.3 is 10.1 Å². The van der Waals surface area contributed by atoms with Crippen LogP contribution in [0.4, 0.5) is 5.69 Å². The molecule has 0 spiro atoms. The van der Waals surface area contributed by atoms with Crippen molar-refractivity contribution in [2.45, 2.75) is 18.6 Å². The molecule has 0 radical (unpaired) electrons. The fourth-order valence-electron chi connectivity index (χ4n) is 2.37. The standard InChI is InChI=1S/C15H15N3O4S/c1-9(19)22-11-4-2-10(3-5-11)17-13(20)8-12-14(21)18-7-6-16-15(18)23-12/h2-5,12H,6-8H2,1H3,(H,17,20). The van der Waals surface area contributed by atoms with Gasteiger partial charge in [-0.1, -0.05) is 11.8 Å². The maximum Gasteiger partial charge on any atom is 0.308 e. The second-order valence-corrected chi connectivity index (χ2v) is 6.30. The molecule has 2 amide bonds. The van der Waals surface area contributed by atoms with Crippen LogP contribution in [0.25, 0.3) is 0 Å². The third-order valence-corrected chi connectivity index (χ3v) is 4.57. The molecule has 1 saturated heterocycles. The number of benzene rings is 1. The maximum absolute atomic E-state index is 12.1. The number of esters is 1. The zero-order valence-electron chi connectivity index (χ0n) is 12.4. The first kappa shape index (κ1) is 15.5.